The first-order chi connectivity index (χ1) is 9.90. The lowest BCUT2D eigenvalue weighted by Gasteiger charge is -2.10. The molecule has 5 nitrogen and oxygen atoms in total. The highest BCUT2D eigenvalue weighted by Gasteiger charge is 2.33. The van der Waals surface area contributed by atoms with Gasteiger partial charge < -0.3 is 9.47 Å². The molecule has 3 rings (SSSR count). The van der Waals surface area contributed by atoms with Crippen LogP contribution in [0.5, 0.6) is 0 Å². The van der Waals surface area contributed by atoms with Crippen LogP contribution in [0.25, 0.3) is 17.0 Å². The van der Waals surface area contributed by atoms with Crippen LogP contribution in [0.2, 0.25) is 0 Å². The van der Waals surface area contributed by atoms with Crippen molar-refractivity contribution in [3.63, 3.8) is 0 Å². The van der Waals surface area contributed by atoms with E-state index in [1.807, 2.05) is 42.1 Å². The van der Waals surface area contributed by atoms with E-state index in [-0.39, 0.29) is 11.9 Å². The van der Waals surface area contributed by atoms with E-state index in [1.54, 1.807) is 19.0 Å². The van der Waals surface area contributed by atoms with Crippen LogP contribution < -0.4 is 0 Å². The van der Waals surface area contributed by atoms with Crippen LogP contribution in [0.15, 0.2) is 34.6 Å². The largest absolute Gasteiger partial charge is 0.350 e. The fraction of sp³-hybridized carbons (Fsp3) is 0.200. The van der Waals surface area contributed by atoms with Crippen molar-refractivity contribution in [1.29, 1.82) is 5.41 Å². The van der Waals surface area contributed by atoms with Crippen LogP contribution in [-0.4, -0.2) is 40.3 Å². The maximum absolute atomic E-state index is 12.2. The predicted octanol–water partition coefficient (Wildman–Crippen LogP) is 2.62. The maximum atomic E-state index is 12.2. The Morgan fingerprint density at radius 2 is 1.90 bits per heavy atom. The van der Waals surface area contributed by atoms with Crippen LogP contribution in [0.3, 0.4) is 0 Å². The van der Waals surface area contributed by atoms with E-state index in [4.69, 9.17) is 5.41 Å². The standard InChI is InChI=1S/C15H15BrN4O/c1-18-8-9(11-7-10(16)4-5-12(11)18)6-13-14(21)20(3)15(17)19(13)2/h4-8,17H,1-3H3/b13-6+,17-15?. The Balaban J connectivity index is 2.18. The van der Waals surface area contributed by atoms with Gasteiger partial charge in [-0.05, 0) is 24.3 Å². The summed E-state index contributed by atoms with van der Waals surface area (Å²) in [6.45, 7) is 0. The molecule has 0 spiro atoms. The average Bonchev–Trinajstić information content (AvgIpc) is 2.85. The number of guanidine groups is 1. The van der Waals surface area contributed by atoms with Gasteiger partial charge in [-0.15, -0.1) is 0 Å². The van der Waals surface area contributed by atoms with Crippen molar-refractivity contribution in [1.82, 2.24) is 14.4 Å². The third-order valence-corrected chi connectivity index (χ3v) is 4.29. The van der Waals surface area contributed by atoms with E-state index in [9.17, 15) is 4.79 Å². The van der Waals surface area contributed by atoms with Crippen molar-refractivity contribution in [2.45, 2.75) is 0 Å². The van der Waals surface area contributed by atoms with Crippen LogP contribution in [0.1, 0.15) is 5.56 Å². The summed E-state index contributed by atoms with van der Waals surface area (Å²) in [5.74, 6) is 0.0298. The minimum Gasteiger partial charge on any atom is -0.350 e. The number of carbonyl (C=O) groups is 1. The van der Waals surface area contributed by atoms with Gasteiger partial charge in [0.15, 0.2) is 0 Å². The number of hydrogen-bond donors (Lipinski definition) is 1. The fourth-order valence-electron chi connectivity index (χ4n) is 2.57. The second-order valence-electron chi connectivity index (χ2n) is 5.13. The van der Waals surface area contributed by atoms with Crippen LogP contribution in [0, 0.1) is 5.41 Å². The zero-order valence-corrected chi connectivity index (χ0v) is 13.6. The molecule has 108 valence electrons. The molecule has 0 saturated carbocycles. The van der Waals surface area contributed by atoms with Crippen LogP contribution in [0.4, 0.5) is 0 Å². The molecule has 2 aromatic rings. The lowest BCUT2D eigenvalue weighted by atomic mass is 10.1. The summed E-state index contributed by atoms with van der Waals surface area (Å²) < 4.78 is 3.03. The molecule has 1 aliphatic heterocycles. The topological polar surface area (TPSA) is 52.3 Å². The first kappa shape index (κ1) is 13.9. The highest BCUT2D eigenvalue weighted by atomic mass is 79.9. The molecule has 21 heavy (non-hydrogen) atoms. The van der Waals surface area contributed by atoms with E-state index in [1.165, 1.54) is 4.90 Å². The molecule has 0 unspecified atom stereocenters. The normalized spacial score (nSPS) is 17.6. The van der Waals surface area contributed by atoms with E-state index >= 15 is 0 Å². The third-order valence-electron chi connectivity index (χ3n) is 3.80. The van der Waals surface area contributed by atoms with Gasteiger partial charge >= 0.3 is 0 Å². The molecule has 1 aromatic heterocycles. The van der Waals surface area contributed by atoms with Gasteiger partial charge in [-0.3, -0.25) is 15.1 Å². The molecule has 0 aliphatic carbocycles. The zero-order chi connectivity index (χ0) is 15.3. The number of aryl methyl sites for hydroxylation is 1. The number of nitrogens with one attached hydrogen (secondary N) is 1. The van der Waals surface area contributed by atoms with E-state index < -0.39 is 0 Å². The molecule has 0 radical (unpaired) electrons. The number of amides is 1. The van der Waals surface area contributed by atoms with Gasteiger partial charge in [-0.25, -0.2) is 0 Å². The number of aromatic nitrogens is 1. The molecule has 2 heterocycles. The summed E-state index contributed by atoms with van der Waals surface area (Å²) in [4.78, 5) is 15.1. The predicted molar refractivity (Wildman–Crippen MR) is 86.9 cm³/mol. The van der Waals surface area contributed by atoms with Crippen molar-refractivity contribution in [3.8, 4) is 0 Å². The number of rotatable bonds is 1. The number of benzene rings is 1. The number of nitrogens with zero attached hydrogens (tertiary/aromatic N) is 3. The zero-order valence-electron chi connectivity index (χ0n) is 12.0. The minimum atomic E-state index is -0.158. The summed E-state index contributed by atoms with van der Waals surface area (Å²) >= 11 is 3.48. The number of likely N-dealkylation sites (N-methyl/N-ethyl adjacent to an activating group) is 2. The Morgan fingerprint density at radius 3 is 2.52 bits per heavy atom. The number of halogens is 1. The highest BCUT2D eigenvalue weighted by Crippen LogP contribution is 2.28. The highest BCUT2D eigenvalue weighted by molar-refractivity contribution is 9.10. The first-order valence-electron chi connectivity index (χ1n) is 6.47. The van der Waals surface area contributed by atoms with Crippen LogP contribution >= 0.6 is 15.9 Å². The molecule has 1 amide bonds. The molecule has 1 fully saturated rings. The molecule has 1 aliphatic rings. The Kier molecular flexibility index (Phi) is 3.13. The molecule has 1 aromatic carbocycles. The second kappa shape index (κ2) is 4.73. The van der Waals surface area contributed by atoms with Crippen molar-refractivity contribution < 1.29 is 4.79 Å². The average molecular weight is 347 g/mol. The van der Waals surface area contributed by atoms with Gasteiger partial charge in [0.05, 0.1) is 0 Å². The van der Waals surface area contributed by atoms with Gasteiger partial charge in [0.2, 0.25) is 5.96 Å². The molecule has 6 heteroatoms. The SMILES string of the molecule is CN1C(=N)N(C)/C(=C/c2cn(C)c3ccc(Br)cc23)C1=O. The summed E-state index contributed by atoms with van der Waals surface area (Å²) in [5.41, 5.74) is 2.57. The lowest BCUT2D eigenvalue weighted by molar-refractivity contribution is -0.121. The first-order valence-corrected chi connectivity index (χ1v) is 7.26. The second-order valence-corrected chi connectivity index (χ2v) is 6.05. The molecule has 1 saturated heterocycles. The van der Waals surface area contributed by atoms with Gasteiger partial charge in [0, 0.05) is 48.3 Å². The minimum absolute atomic E-state index is 0.158. The maximum Gasteiger partial charge on any atom is 0.277 e. The van der Waals surface area contributed by atoms with E-state index in [2.05, 4.69) is 15.9 Å². The van der Waals surface area contributed by atoms with E-state index in [0.717, 1.165) is 20.9 Å². The number of carbonyl (C=O) groups excluding carboxylic acids is 1. The molecular weight excluding hydrogens is 332 g/mol. The quantitative estimate of drug-likeness (QED) is 0.807. The van der Waals surface area contributed by atoms with Gasteiger partial charge in [-0.2, -0.15) is 0 Å². The van der Waals surface area contributed by atoms with Crippen molar-refractivity contribution >= 4 is 44.8 Å². The van der Waals surface area contributed by atoms with Crippen LogP contribution in [-0.2, 0) is 11.8 Å². The van der Waals surface area contributed by atoms with Crippen molar-refractivity contribution in [2.75, 3.05) is 14.1 Å². The molecule has 0 bridgehead atoms. The Hall–Kier alpha value is -2.08. The van der Waals surface area contributed by atoms with E-state index in [0.29, 0.717) is 5.70 Å². The van der Waals surface area contributed by atoms with Gasteiger partial charge in [-0.1, -0.05) is 15.9 Å². The Bertz CT molecular complexity index is 805. The van der Waals surface area contributed by atoms with Gasteiger partial charge in [0.1, 0.15) is 5.70 Å². The monoisotopic (exact) mass is 346 g/mol. The lowest BCUT2D eigenvalue weighted by Crippen LogP contribution is -2.27. The summed E-state index contributed by atoms with van der Waals surface area (Å²) in [7, 11) is 5.32. The number of hydrogen-bond acceptors (Lipinski definition) is 2. The van der Waals surface area contributed by atoms with Crippen molar-refractivity contribution in [3.05, 3.63) is 40.1 Å². The number of fused-ring (bicyclic) bond motifs is 1. The third kappa shape index (κ3) is 2.06. The van der Waals surface area contributed by atoms with Gasteiger partial charge in [0.25, 0.3) is 5.91 Å². The summed E-state index contributed by atoms with van der Waals surface area (Å²) in [5, 5.41) is 8.94. The molecule has 1 N–H and O–H groups in total. The summed E-state index contributed by atoms with van der Waals surface area (Å²) in [6.07, 6.45) is 3.84. The summed E-state index contributed by atoms with van der Waals surface area (Å²) in [6, 6.07) is 6.07. The fourth-order valence-corrected chi connectivity index (χ4v) is 2.93. The molecule has 0 atom stereocenters. The molecular formula is C15H15BrN4O. The smallest absolute Gasteiger partial charge is 0.277 e. The Morgan fingerprint density at radius 1 is 1.19 bits per heavy atom. The van der Waals surface area contributed by atoms with Crippen molar-refractivity contribution in [2.24, 2.45) is 7.05 Å². The Labute approximate surface area is 131 Å².